The van der Waals surface area contributed by atoms with Crippen LogP contribution in [0.5, 0.6) is 0 Å². The van der Waals surface area contributed by atoms with Crippen LogP contribution in [0.15, 0.2) is 18.5 Å². The summed E-state index contributed by atoms with van der Waals surface area (Å²) in [5, 5.41) is 2.72. The Morgan fingerprint density at radius 3 is 2.86 bits per heavy atom. The molecular formula is C15H18N4O3. The molecule has 3 rings (SSSR count). The van der Waals surface area contributed by atoms with E-state index < -0.39 is 11.6 Å². The van der Waals surface area contributed by atoms with Crippen LogP contribution in [-0.2, 0) is 16.0 Å². The van der Waals surface area contributed by atoms with Crippen LogP contribution >= 0.6 is 0 Å². The average Bonchev–Trinajstić information content (AvgIpc) is 3.01. The van der Waals surface area contributed by atoms with Gasteiger partial charge in [0.15, 0.2) is 0 Å². The molecule has 0 aromatic carbocycles. The lowest BCUT2D eigenvalue weighted by atomic mass is 9.99. The Bertz CT molecular complexity index is 660. The Morgan fingerprint density at radius 2 is 2.23 bits per heavy atom. The van der Waals surface area contributed by atoms with Gasteiger partial charge in [-0.1, -0.05) is 0 Å². The van der Waals surface area contributed by atoms with Gasteiger partial charge in [-0.2, -0.15) is 0 Å². The van der Waals surface area contributed by atoms with Crippen molar-refractivity contribution < 1.29 is 14.4 Å². The molecule has 1 aromatic rings. The summed E-state index contributed by atoms with van der Waals surface area (Å²) >= 11 is 0. The fourth-order valence-electron chi connectivity index (χ4n) is 3.03. The Hall–Kier alpha value is -2.44. The fourth-order valence-corrected chi connectivity index (χ4v) is 3.03. The summed E-state index contributed by atoms with van der Waals surface area (Å²) < 4.78 is 0. The SMILES string of the molecule is Cc1cnccc1CC(=O)N1CCC2(C1)NC(=O)N(C)C2=O. The second kappa shape index (κ2) is 5.08. The van der Waals surface area contributed by atoms with Gasteiger partial charge in [0.2, 0.25) is 5.91 Å². The zero-order valence-electron chi connectivity index (χ0n) is 12.6. The molecule has 2 fully saturated rings. The number of hydrogen-bond donors (Lipinski definition) is 1. The molecule has 3 heterocycles. The minimum Gasteiger partial charge on any atom is -0.339 e. The summed E-state index contributed by atoms with van der Waals surface area (Å²) in [6.07, 6.45) is 4.13. The number of urea groups is 1. The highest BCUT2D eigenvalue weighted by atomic mass is 16.2. The highest BCUT2D eigenvalue weighted by Gasteiger charge is 2.54. The number of pyridine rings is 1. The van der Waals surface area contributed by atoms with Crippen molar-refractivity contribution in [1.82, 2.24) is 20.1 Å². The number of nitrogens with one attached hydrogen (secondary N) is 1. The maximum Gasteiger partial charge on any atom is 0.324 e. The lowest BCUT2D eigenvalue weighted by molar-refractivity contribution is -0.131. The number of hydrogen-bond acceptors (Lipinski definition) is 4. The predicted molar refractivity (Wildman–Crippen MR) is 77.9 cm³/mol. The van der Waals surface area contributed by atoms with Gasteiger partial charge in [0, 0.05) is 26.0 Å². The first-order valence-electron chi connectivity index (χ1n) is 7.20. The summed E-state index contributed by atoms with van der Waals surface area (Å²) in [5.74, 6) is -0.296. The molecule has 2 saturated heterocycles. The van der Waals surface area contributed by atoms with E-state index in [0.29, 0.717) is 13.0 Å². The summed E-state index contributed by atoms with van der Waals surface area (Å²) in [6, 6.07) is 1.43. The van der Waals surface area contributed by atoms with Crippen molar-refractivity contribution in [2.75, 3.05) is 20.1 Å². The largest absolute Gasteiger partial charge is 0.339 e. The van der Waals surface area contributed by atoms with Gasteiger partial charge in [-0.3, -0.25) is 19.5 Å². The van der Waals surface area contributed by atoms with Gasteiger partial charge in [0.25, 0.3) is 5.91 Å². The van der Waals surface area contributed by atoms with E-state index in [9.17, 15) is 14.4 Å². The number of likely N-dealkylation sites (tertiary alicyclic amines) is 1. The number of aromatic nitrogens is 1. The van der Waals surface area contributed by atoms with Crippen LogP contribution in [0.4, 0.5) is 4.79 Å². The van der Waals surface area contributed by atoms with Crippen LogP contribution in [0, 0.1) is 6.92 Å². The molecule has 1 N–H and O–H groups in total. The minimum absolute atomic E-state index is 0.0391. The van der Waals surface area contributed by atoms with Gasteiger partial charge in [0.05, 0.1) is 13.0 Å². The van der Waals surface area contributed by atoms with E-state index in [-0.39, 0.29) is 24.8 Å². The minimum atomic E-state index is -0.936. The molecule has 22 heavy (non-hydrogen) atoms. The van der Waals surface area contributed by atoms with Crippen LogP contribution in [0.3, 0.4) is 0 Å². The smallest absolute Gasteiger partial charge is 0.324 e. The topological polar surface area (TPSA) is 82.6 Å². The van der Waals surface area contributed by atoms with E-state index in [1.165, 1.54) is 7.05 Å². The number of amides is 4. The standard InChI is InChI=1S/C15H18N4O3/c1-10-8-16-5-3-11(10)7-12(20)19-6-4-15(9-19)13(21)18(2)14(22)17-15/h3,5,8H,4,6-7,9H2,1-2H3,(H,17,22). The van der Waals surface area contributed by atoms with Crippen LogP contribution in [0.25, 0.3) is 0 Å². The van der Waals surface area contributed by atoms with Crippen LogP contribution in [-0.4, -0.2) is 58.3 Å². The van der Waals surface area contributed by atoms with E-state index in [4.69, 9.17) is 0 Å². The molecule has 116 valence electrons. The van der Waals surface area contributed by atoms with Crippen molar-refractivity contribution in [1.29, 1.82) is 0 Å². The maximum absolute atomic E-state index is 12.4. The number of imide groups is 1. The average molecular weight is 302 g/mol. The normalized spacial score (nSPS) is 24.3. The summed E-state index contributed by atoms with van der Waals surface area (Å²) in [4.78, 5) is 43.0. The Morgan fingerprint density at radius 1 is 1.45 bits per heavy atom. The molecule has 0 saturated carbocycles. The van der Waals surface area contributed by atoms with Crippen molar-refractivity contribution in [3.05, 3.63) is 29.6 Å². The third-order valence-electron chi connectivity index (χ3n) is 4.47. The van der Waals surface area contributed by atoms with Crippen molar-refractivity contribution in [3.8, 4) is 0 Å². The molecular weight excluding hydrogens is 284 g/mol. The molecule has 2 aliphatic rings. The van der Waals surface area contributed by atoms with Gasteiger partial charge in [-0.25, -0.2) is 4.79 Å². The van der Waals surface area contributed by atoms with Crippen LogP contribution < -0.4 is 5.32 Å². The molecule has 4 amide bonds. The Kier molecular flexibility index (Phi) is 3.35. The van der Waals surface area contributed by atoms with Gasteiger partial charge in [-0.15, -0.1) is 0 Å². The molecule has 7 heteroatoms. The Labute approximate surface area is 128 Å². The van der Waals surface area contributed by atoms with Crippen LogP contribution in [0.2, 0.25) is 0 Å². The zero-order valence-corrected chi connectivity index (χ0v) is 12.6. The second-order valence-electron chi connectivity index (χ2n) is 5.92. The lowest BCUT2D eigenvalue weighted by Gasteiger charge is -2.21. The van der Waals surface area contributed by atoms with Gasteiger partial charge in [0.1, 0.15) is 5.54 Å². The summed E-state index contributed by atoms with van der Waals surface area (Å²) in [7, 11) is 1.46. The second-order valence-corrected chi connectivity index (χ2v) is 5.92. The summed E-state index contributed by atoms with van der Waals surface area (Å²) in [5.41, 5.74) is 0.962. The molecule has 0 bridgehead atoms. The van der Waals surface area contributed by atoms with E-state index in [1.807, 2.05) is 13.0 Å². The van der Waals surface area contributed by atoms with Crippen molar-refractivity contribution in [3.63, 3.8) is 0 Å². The molecule has 0 aliphatic carbocycles. The Balaban J connectivity index is 1.71. The highest BCUT2D eigenvalue weighted by Crippen LogP contribution is 2.28. The van der Waals surface area contributed by atoms with Crippen molar-refractivity contribution in [2.45, 2.75) is 25.3 Å². The van der Waals surface area contributed by atoms with Crippen LogP contribution in [0.1, 0.15) is 17.5 Å². The van der Waals surface area contributed by atoms with E-state index in [0.717, 1.165) is 16.0 Å². The first kappa shape index (κ1) is 14.5. The fraction of sp³-hybridized carbons (Fsp3) is 0.467. The number of likely N-dealkylation sites (N-methyl/N-ethyl adjacent to an activating group) is 1. The monoisotopic (exact) mass is 302 g/mol. The molecule has 1 unspecified atom stereocenters. The van der Waals surface area contributed by atoms with Gasteiger partial charge >= 0.3 is 6.03 Å². The predicted octanol–water partition coefficient (Wildman–Crippen LogP) is 0.0852. The number of rotatable bonds is 2. The molecule has 1 atom stereocenters. The molecule has 1 aromatic heterocycles. The third kappa shape index (κ3) is 2.22. The van der Waals surface area contributed by atoms with E-state index in [1.54, 1.807) is 17.3 Å². The molecule has 7 nitrogen and oxygen atoms in total. The molecule has 0 radical (unpaired) electrons. The molecule has 2 aliphatic heterocycles. The first-order chi connectivity index (χ1) is 10.4. The van der Waals surface area contributed by atoms with E-state index in [2.05, 4.69) is 10.3 Å². The highest BCUT2D eigenvalue weighted by molar-refractivity contribution is 6.07. The number of carbonyl (C=O) groups excluding carboxylic acids is 3. The van der Waals surface area contributed by atoms with Crippen molar-refractivity contribution in [2.24, 2.45) is 0 Å². The lowest BCUT2D eigenvalue weighted by Crippen LogP contribution is -2.49. The third-order valence-corrected chi connectivity index (χ3v) is 4.47. The quantitative estimate of drug-likeness (QED) is 0.785. The number of carbonyl (C=O) groups is 3. The number of nitrogens with zero attached hydrogens (tertiary/aromatic N) is 3. The van der Waals surface area contributed by atoms with Gasteiger partial charge < -0.3 is 10.2 Å². The molecule has 1 spiro atoms. The first-order valence-corrected chi connectivity index (χ1v) is 7.20. The number of aryl methyl sites for hydroxylation is 1. The summed E-state index contributed by atoms with van der Waals surface area (Å²) in [6.45, 7) is 2.63. The zero-order chi connectivity index (χ0) is 15.9. The van der Waals surface area contributed by atoms with Gasteiger partial charge in [-0.05, 0) is 30.5 Å². The van der Waals surface area contributed by atoms with Crippen molar-refractivity contribution >= 4 is 17.8 Å². The maximum atomic E-state index is 12.4. The van der Waals surface area contributed by atoms with E-state index >= 15 is 0 Å².